The monoisotopic (exact) mass is 302 g/mol. The summed E-state index contributed by atoms with van der Waals surface area (Å²) in [4.78, 5) is 11.3. The van der Waals surface area contributed by atoms with Gasteiger partial charge in [-0.05, 0) is 37.6 Å². The maximum atomic E-state index is 12.0. The van der Waals surface area contributed by atoms with Gasteiger partial charge in [-0.25, -0.2) is 0 Å². The molecule has 0 fully saturated rings. The number of fused-ring (bicyclic) bond motifs is 1. The second-order valence-electron chi connectivity index (χ2n) is 4.99. The minimum Gasteiger partial charge on any atom is -0.482 e. The van der Waals surface area contributed by atoms with Crippen LogP contribution >= 0.6 is 0 Å². The number of hydrogen-bond donors (Lipinski definition) is 2. The lowest BCUT2D eigenvalue weighted by atomic mass is 10.1. The number of hydrogen-bond acceptors (Lipinski definition) is 3. The number of alkyl halides is 3. The lowest BCUT2D eigenvalue weighted by Crippen LogP contribution is -2.26. The van der Waals surface area contributed by atoms with Gasteiger partial charge in [0.1, 0.15) is 5.75 Å². The number of rotatable bonds is 5. The fraction of sp³-hybridized carbons (Fsp3) is 0.500. The van der Waals surface area contributed by atoms with E-state index in [0.29, 0.717) is 11.4 Å². The Morgan fingerprint density at radius 3 is 2.90 bits per heavy atom. The predicted molar refractivity (Wildman–Crippen MR) is 72.3 cm³/mol. The lowest BCUT2D eigenvalue weighted by Gasteiger charge is -2.21. The highest BCUT2D eigenvalue weighted by Gasteiger charge is 2.26. The van der Waals surface area contributed by atoms with Crippen LogP contribution in [0.15, 0.2) is 18.2 Å². The molecular formula is C14H17F3N2O2. The Kier molecular flexibility index (Phi) is 4.72. The van der Waals surface area contributed by atoms with E-state index in [2.05, 4.69) is 10.6 Å². The van der Waals surface area contributed by atoms with E-state index in [1.165, 1.54) is 0 Å². The third-order valence-corrected chi connectivity index (χ3v) is 3.22. The summed E-state index contributed by atoms with van der Waals surface area (Å²) in [5.74, 6) is 0.382. The molecule has 0 aromatic heterocycles. The molecule has 0 saturated carbocycles. The van der Waals surface area contributed by atoms with Gasteiger partial charge in [-0.15, -0.1) is 0 Å². The summed E-state index contributed by atoms with van der Waals surface area (Å²) >= 11 is 0. The highest BCUT2D eigenvalue weighted by molar-refractivity contribution is 5.95. The van der Waals surface area contributed by atoms with Crippen LogP contribution in [0, 0.1) is 0 Å². The van der Waals surface area contributed by atoms with Crippen LogP contribution in [0.2, 0.25) is 0 Å². The number of carbonyl (C=O) groups is 1. The smallest absolute Gasteiger partial charge is 0.389 e. The second kappa shape index (κ2) is 6.34. The molecule has 1 aromatic rings. The van der Waals surface area contributed by atoms with Crippen molar-refractivity contribution < 1.29 is 22.7 Å². The fourth-order valence-electron chi connectivity index (χ4n) is 2.10. The Bertz CT molecular complexity index is 517. The molecule has 1 unspecified atom stereocenters. The summed E-state index contributed by atoms with van der Waals surface area (Å²) in [7, 11) is 0. The summed E-state index contributed by atoms with van der Waals surface area (Å²) in [6, 6.07) is 5.24. The largest absolute Gasteiger partial charge is 0.482 e. The summed E-state index contributed by atoms with van der Waals surface area (Å²) in [6.07, 6.45) is -4.86. The van der Waals surface area contributed by atoms with Gasteiger partial charge in [0.05, 0.1) is 5.69 Å². The molecule has 1 aliphatic heterocycles. The Balaban J connectivity index is 1.89. The maximum Gasteiger partial charge on any atom is 0.389 e. The number of anilines is 1. The van der Waals surface area contributed by atoms with Gasteiger partial charge in [0.25, 0.3) is 5.91 Å². The first-order valence-electron chi connectivity index (χ1n) is 6.72. The number of ether oxygens (including phenoxy) is 1. The summed E-state index contributed by atoms with van der Waals surface area (Å²) < 4.78 is 41.4. The molecule has 1 heterocycles. The van der Waals surface area contributed by atoms with Crippen molar-refractivity contribution in [3.63, 3.8) is 0 Å². The molecule has 1 aliphatic rings. The predicted octanol–water partition coefficient (Wildman–Crippen LogP) is 3.01. The van der Waals surface area contributed by atoms with Crippen LogP contribution in [-0.4, -0.2) is 25.2 Å². The zero-order valence-corrected chi connectivity index (χ0v) is 11.6. The summed E-state index contributed by atoms with van der Waals surface area (Å²) in [5.41, 5.74) is 1.47. The average molecular weight is 302 g/mol. The molecule has 0 radical (unpaired) electrons. The van der Waals surface area contributed by atoms with Gasteiger partial charge in [-0.3, -0.25) is 4.79 Å². The normalized spacial score (nSPS) is 15.9. The molecule has 4 nitrogen and oxygen atoms in total. The van der Waals surface area contributed by atoms with Gasteiger partial charge in [-0.2, -0.15) is 13.2 Å². The van der Waals surface area contributed by atoms with E-state index >= 15 is 0 Å². The van der Waals surface area contributed by atoms with E-state index in [-0.39, 0.29) is 31.5 Å². The van der Waals surface area contributed by atoms with Crippen molar-refractivity contribution in [1.29, 1.82) is 0 Å². The minimum atomic E-state index is -4.11. The first-order valence-corrected chi connectivity index (χ1v) is 6.72. The van der Waals surface area contributed by atoms with Crippen molar-refractivity contribution in [2.45, 2.75) is 32.0 Å². The van der Waals surface area contributed by atoms with E-state index in [1.54, 1.807) is 12.1 Å². The molecule has 21 heavy (non-hydrogen) atoms. The van der Waals surface area contributed by atoms with Crippen LogP contribution in [0.25, 0.3) is 0 Å². The zero-order chi connectivity index (χ0) is 15.5. The maximum absolute atomic E-state index is 12.0. The first-order chi connectivity index (χ1) is 9.85. The number of amides is 1. The molecule has 0 saturated heterocycles. The van der Waals surface area contributed by atoms with Crippen LogP contribution in [0.4, 0.5) is 18.9 Å². The molecule has 2 rings (SSSR count). The molecule has 2 N–H and O–H groups in total. The Morgan fingerprint density at radius 2 is 2.19 bits per heavy atom. The van der Waals surface area contributed by atoms with Crippen LogP contribution in [0.5, 0.6) is 5.75 Å². The number of benzene rings is 1. The van der Waals surface area contributed by atoms with Crippen LogP contribution in [0.1, 0.15) is 31.4 Å². The Morgan fingerprint density at radius 1 is 1.43 bits per heavy atom. The van der Waals surface area contributed by atoms with Crippen LogP contribution in [-0.2, 0) is 4.79 Å². The van der Waals surface area contributed by atoms with Gasteiger partial charge in [-0.1, -0.05) is 6.07 Å². The SMILES string of the molecule is CC(NCCCC(F)(F)F)c1ccc2c(c1)NC(=O)CO2. The van der Waals surface area contributed by atoms with E-state index in [9.17, 15) is 18.0 Å². The molecule has 7 heteroatoms. The minimum absolute atomic E-state index is 0.00239. The highest BCUT2D eigenvalue weighted by Crippen LogP contribution is 2.30. The second-order valence-corrected chi connectivity index (χ2v) is 4.99. The van der Waals surface area contributed by atoms with E-state index in [1.807, 2.05) is 13.0 Å². The van der Waals surface area contributed by atoms with Gasteiger partial charge < -0.3 is 15.4 Å². The zero-order valence-electron chi connectivity index (χ0n) is 11.6. The average Bonchev–Trinajstić information content (AvgIpc) is 2.41. The van der Waals surface area contributed by atoms with Crippen LogP contribution < -0.4 is 15.4 Å². The number of carbonyl (C=O) groups excluding carboxylic acids is 1. The highest BCUT2D eigenvalue weighted by atomic mass is 19.4. The van der Waals surface area contributed by atoms with Gasteiger partial charge in [0.15, 0.2) is 6.61 Å². The Hall–Kier alpha value is -1.76. The standard InChI is InChI=1S/C14H17F3N2O2/c1-9(18-6-2-5-14(15,16)17)10-3-4-12-11(7-10)19-13(20)8-21-12/h3-4,7,9,18H,2,5-6,8H2,1H3,(H,19,20). The van der Waals surface area contributed by atoms with Gasteiger partial charge in [0.2, 0.25) is 0 Å². The quantitative estimate of drug-likeness (QED) is 0.822. The van der Waals surface area contributed by atoms with E-state index in [4.69, 9.17) is 4.74 Å². The van der Waals surface area contributed by atoms with Crippen molar-refractivity contribution >= 4 is 11.6 Å². The molecule has 0 bridgehead atoms. The van der Waals surface area contributed by atoms with Crippen molar-refractivity contribution in [3.8, 4) is 5.75 Å². The number of nitrogens with one attached hydrogen (secondary N) is 2. The van der Waals surface area contributed by atoms with Crippen molar-refractivity contribution in [1.82, 2.24) is 5.32 Å². The lowest BCUT2D eigenvalue weighted by molar-refractivity contribution is -0.135. The molecule has 1 atom stereocenters. The topological polar surface area (TPSA) is 50.4 Å². The fourth-order valence-corrected chi connectivity index (χ4v) is 2.10. The third kappa shape index (κ3) is 4.63. The summed E-state index contributed by atoms with van der Waals surface area (Å²) in [5, 5.41) is 5.74. The van der Waals surface area contributed by atoms with E-state index in [0.717, 1.165) is 5.56 Å². The third-order valence-electron chi connectivity index (χ3n) is 3.22. The molecule has 1 amide bonds. The molecule has 1 aromatic carbocycles. The van der Waals surface area contributed by atoms with E-state index < -0.39 is 12.6 Å². The summed E-state index contributed by atoms with van der Waals surface area (Å²) in [6.45, 7) is 2.14. The van der Waals surface area contributed by atoms with Crippen LogP contribution in [0.3, 0.4) is 0 Å². The molecular weight excluding hydrogens is 285 g/mol. The Labute approximate surface area is 120 Å². The van der Waals surface area contributed by atoms with Crippen molar-refractivity contribution in [3.05, 3.63) is 23.8 Å². The molecule has 0 aliphatic carbocycles. The number of halogens is 3. The molecule has 0 spiro atoms. The molecule has 116 valence electrons. The van der Waals surface area contributed by atoms with Gasteiger partial charge >= 0.3 is 6.18 Å². The van der Waals surface area contributed by atoms with Crippen molar-refractivity contribution in [2.75, 3.05) is 18.5 Å². The first kappa shape index (κ1) is 15.6. The van der Waals surface area contributed by atoms with Gasteiger partial charge in [0, 0.05) is 12.5 Å². The van der Waals surface area contributed by atoms with Crippen molar-refractivity contribution in [2.24, 2.45) is 0 Å².